The Bertz CT molecular complexity index is 1180. The number of fused-ring (bicyclic) bond motifs is 1. The van der Waals surface area contributed by atoms with Crippen molar-refractivity contribution in [1.82, 2.24) is 10.6 Å². The van der Waals surface area contributed by atoms with Gasteiger partial charge in [-0.3, -0.25) is 14.5 Å². The minimum Gasteiger partial charge on any atom is -0.493 e. The summed E-state index contributed by atoms with van der Waals surface area (Å²) in [6.45, 7) is 5.75. The van der Waals surface area contributed by atoms with Crippen LogP contribution < -0.4 is 20.3 Å². The zero-order chi connectivity index (χ0) is 26.0. The van der Waals surface area contributed by atoms with Crippen LogP contribution in [0.1, 0.15) is 65.8 Å². The van der Waals surface area contributed by atoms with Crippen molar-refractivity contribution in [2.24, 2.45) is 0 Å². The number of para-hydroxylation sites is 2. The quantitative estimate of drug-likeness (QED) is 0.357. The van der Waals surface area contributed by atoms with Crippen molar-refractivity contribution in [1.29, 1.82) is 0 Å². The fourth-order valence-corrected chi connectivity index (χ4v) is 4.66. The Morgan fingerprint density at radius 1 is 0.946 bits per heavy atom. The van der Waals surface area contributed by atoms with Gasteiger partial charge in [-0.15, -0.1) is 0 Å². The van der Waals surface area contributed by atoms with Gasteiger partial charge in [-0.1, -0.05) is 62.4 Å². The SMILES string of the molecule is CC(C)NCCCCOc1ccccc1C(=O)NC1CCCc2ccccc2N1C(=O)c1ccccc1. The molecule has 3 aromatic rings. The van der Waals surface area contributed by atoms with Gasteiger partial charge in [-0.25, -0.2) is 0 Å². The average Bonchev–Trinajstić information content (AvgIpc) is 3.09. The number of hydrogen-bond acceptors (Lipinski definition) is 4. The van der Waals surface area contributed by atoms with Crippen molar-refractivity contribution in [2.75, 3.05) is 18.1 Å². The van der Waals surface area contributed by atoms with Crippen molar-refractivity contribution in [2.45, 2.75) is 58.2 Å². The topological polar surface area (TPSA) is 70.7 Å². The van der Waals surface area contributed by atoms with Crippen molar-refractivity contribution >= 4 is 17.5 Å². The maximum Gasteiger partial charge on any atom is 0.259 e. The molecule has 1 aliphatic heterocycles. The summed E-state index contributed by atoms with van der Waals surface area (Å²) < 4.78 is 6.01. The molecule has 1 heterocycles. The Morgan fingerprint density at radius 2 is 1.68 bits per heavy atom. The molecule has 0 saturated carbocycles. The molecule has 0 aromatic heterocycles. The van der Waals surface area contributed by atoms with E-state index in [4.69, 9.17) is 4.74 Å². The molecular formula is C31H37N3O3. The fraction of sp³-hybridized carbons (Fsp3) is 0.355. The smallest absolute Gasteiger partial charge is 0.259 e. The van der Waals surface area contributed by atoms with Gasteiger partial charge < -0.3 is 15.4 Å². The molecular weight excluding hydrogens is 462 g/mol. The molecule has 0 saturated heterocycles. The molecule has 1 unspecified atom stereocenters. The van der Waals surface area contributed by atoms with Crippen LogP contribution in [0.15, 0.2) is 78.9 Å². The van der Waals surface area contributed by atoms with E-state index in [0.29, 0.717) is 35.9 Å². The van der Waals surface area contributed by atoms with Crippen LogP contribution in [0.4, 0.5) is 5.69 Å². The van der Waals surface area contributed by atoms with Gasteiger partial charge in [0.1, 0.15) is 11.9 Å². The van der Waals surface area contributed by atoms with E-state index >= 15 is 0 Å². The van der Waals surface area contributed by atoms with E-state index in [-0.39, 0.29) is 11.8 Å². The van der Waals surface area contributed by atoms with E-state index in [1.807, 2.05) is 66.7 Å². The molecule has 2 amide bonds. The van der Waals surface area contributed by atoms with E-state index in [1.54, 1.807) is 11.0 Å². The first-order chi connectivity index (χ1) is 18.0. The summed E-state index contributed by atoms with van der Waals surface area (Å²) in [4.78, 5) is 29.0. The summed E-state index contributed by atoms with van der Waals surface area (Å²) in [5, 5.41) is 6.56. The summed E-state index contributed by atoms with van der Waals surface area (Å²) in [6.07, 6.45) is 3.80. The second-order valence-electron chi connectivity index (χ2n) is 9.71. The minimum absolute atomic E-state index is 0.125. The Morgan fingerprint density at radius 3 is 2.49 bits per heavy atom. The van der Waals surface area contributed by atoms with E-state index in [1.165, 1.54) is 0 Å². The number of unbranched alkanes of at least 4 members (excludes halogenated alkanes) is 1. The molecule has 4 rings (SSSR count). The zero-order valence-electron chi connectivity index (χ0n) is 21.8. The largest absolute Gasteiger partial charge is 0.493 e. The predicted molar refractivity (Wildman–Crippen MR) is 148 cm³/mol. The van der Waals surface area contributed by atoms with E-state index in [9.17, 15) is 9.59 Å². The number of hydrogen-bond donors (Lipinski definition) is 2. The molecule has 3 aromatic carbocycles. The summed E-state index contributed by atoms with van der Waals surface area (Å²) in [7, 11) is 0. The monoisotopic (exact) mass is 499 g/mol. The summed E-state index contributed by atoms with van der Waals surface area (Å²) >= 11 is 0. The highest BCUT2D eigenvalue weighted by molar-refractivity contribution is 6.07. The van der Waals surface area contributed by atoms with Crippen molar-refractivity contribution in [3.63, 3.8) is 0 Å². The van der Waals surface area contributed by atoms with Gasteiger partial charge >= 0.3 is 0 Å². The van der Waals surface area contributed by atoms with Crippen molar-refractivity contribution < 1.29 is 14.3 Å². The molecule has 6 heteroatoms. The first-order valence-corrected chi connectivity index (χ1v) is 13.3. The number of nitrogens with zero attached hydrogens (tertiary/aromatic N) is 1. The number of carbonyl (C=O) groups excluding carboxylic acids is 2. The van der Waals surface area contributed by atoms with Crippen LogP contribution in [0.5, 0.6) is 5.75 Å². The Balaban J connectivity index is 1.51. The molecule has 1 atom stereocenters. The molecule has 0 radical (unpaired) electrons. The van der Waals surface area contributed by atoms with Gasteiger partial charge in [0, 0.05) is 17.3 Å². The maximum absolute atomic E-state index is 13.7. The third-order valence-corrected chi connectivity index (χ3v) is 6.54. The van der Waals surface area contributed by atoms with Crippen LogP contribution in [0.3, 0.4) is 0 Å². The lowest BCUT2D eigenvalue weighted by Crippen LogP contribution is -2.51. The maximum atomic E-state index is 13.7. The second kappa shape index (κ2) is 13.1. The molecule has 2 N–H and O–H groups in total. The lowest BCUT2D eigenvalue weighted by Gasteiger charge is -2.32. The zero-order valence-corrected chi connectivity index (χ0v) is 21.8. The highest BCUT2D eigenvalue weighted by Crippen LogP contribution is 2.31. The number of anilines is 1. The van der Waals surface area contributed by atoms with Gasteiger partial charge in [0.25, 0.3) is 11.8 Å². The summed E-state index contributed by atoms with van der Waals surface area (Å²) in [6, 6.07) is 25.0. The molecule has 194 valence electrons. The number of rotatable bonds is 10. The van der Waals surface area contributed by atoms with Crippen LogP contribution in [0, 0.1) is 0 Å². The Kier molecular flexibility index (Phi) is 9.33. The van der Waals surface area contributed by atoms with Crippen molar-refractivity contribution in [3.8, 4) is 5.75 Å². The molecule has 0 bridgehead atoms. The number of amides is 2. The average molecular weight is 500 g/mol. The minimum atomic E-state index is -0.473. The Labute approximate surface area is 220 Å². The molecule has 0 fully saturated rings. The second-order valence-corrected chi connectivity index (χ2v) is 9.71. The molecule has 1 aliphatic rings. The number of ether oxygens (including phenoxy) is 1. The van der Waals surface area contributed by atoms with Crippen LogP contribution >= 0.6 is 0 Å². The Hall–Kier alpha value is -3.64. The number of carbonyl (C=O) groups is 2. The van der Waals surface area contributed by atoms with Gasteiger partial charge in [0.15, 0.2) is 0 Å². The number of benzene rings is 3. The van der Waals surface area contributed by atoms with Crippen molar-refractivity contribution in [3.05, 3.63) is 95.6 Å². The summed E-state index contributed by atoms with van der Waals surface area (Å²) in [5.41, 5.74) is 3.03. The highest BCUT2D eigenvalue weighted by atomic mass is 16.5. The van der Waals surface area contributed by atoms with Gasteiger partial charge in [0.05, 0.1) is 12.2 Å². The first kappa shape index (κ1) is 26.4. The third kappa shape index (κ3) is 6.98. The predicted octanol–water partition coefficient (Wildman–Crippen LogP) is 5.58. The normalized spacial score (nSPS) is 15.1. The first-order valence-electron chi connectivity index (χ1n) is 13.3. The molecule has 37 heavy (non-hydrogen) atoms. The highest BCUT2D eigenvalue weighted by Gasteiger charge is 2.31. The lowest BCUT2D eigenvalue weighted by atomic mass is 10.1. The van der Waals surface area contributed by atoms with Gasteiger partial charge in [-0.05, 0) is 74.5 Å². The van der Waals surface area contributed by atoms with E-state index < -0.39 is 6.17 Å². The van der Waals surface area contributed by atoms with Crippen LogP contribution in [-0.4, -0.2) is 37.2 Å². The number of nitrogens with one attached hydrogen (secondary N) is 2. The molecule has 0 spiro atoms. The fourth-order valence-electron chi connectivity index (χ4n) is 4.66. The number of aryl methyl sites for hydroxylation is 1. The van der Waals surface area contributed by atoms with E-state index in [2.05, 4.69) is 30.5 Å². The third-order valence-electron chi connectivity index (χ3n) is 6.54. The van der Waals surface area contributed by atoms with Gasteiger partial charge in [0.2, 0.25) is 0 Å². The van der Waals surface area contributed by atoms with Crippen LogP contribution in [0.2, 0.25) is 0 Å². The van der Waals surface area contributed by atoms with Gasteiger partial charge in [-0.2, -0.15) is 0 Å². The lowest BCUT2D eigenvalue weighted by molar-refractivity contribution is 0.0909. The standard InChI is InChI=1S/C31H37N3O3/c1-23(2)32-21-10-11-22-37-28-19-9-7-17-26(28)30(35)33-29-20-12-16-24-13-6-8-18-27(24)34(29)31(36)25-14-4-3-5-15-25/h3-9,13-15,17-19,23,29,32H,10-12,16,20-22H2,1-2H3,(H,33,35). The molecule has 6 nitrogen and oxygen atoms in total. The molecule has 0 aliphatic carbocycles. The summed E-state index contributed by atoms with van der Waals surface area (Å²) in [5.74, 6) is 0.193. The van der Waals surface area contributed by atoms with Crippen LogP contribution in [-0.2, 0) is 6.42 Å². The van der Waals surface area contributed by atoms with E-state index in [0.717, 1.165) is 43.5 Å². The van der Waals surface area contributed by atoms with Crippen LogP contribution in [0.25, 0.3) is 0 Å².